The number of nitrogens with one attached hydrogen (secondary N) is 1. The summed E-state index contributed by atoms with van der Waals surface area (Å²) in [4.78, 5) is 0. The zero-order valence-corrected chi connectivity index (χ0v) is 20.4. The van der Waals surface area contributed by atoms with E-state index in [9.17, 15) is 0 Å². The van der Waals surface area contributed by atoms with Crippen molar-refractivity contribution in [2.45, 2.75) is 46.8 Å². The van der Waals surface area contributed by atoms with Gasteiger partial charge in [-0.15, -0.1) is 0 Å². The van der Waals surface area contributed by atoms with Gasteiger partial charge in [0.1, 0.15) is 18.1 Å². The number of hydrogen-bond donors (Lipinski definition) is 1. The fourth-order valence-electron chi connectivity index (χ4n) is 4.50. The van der Waals surface area contributed by atoms with Gasteiger partial charge in [-0.1, -0.05) is 35.9 Å². The molecule has 0 unspecified atom stereocenters. The van der Waals surface area contributed by atoms with Crippen molar-refractivity contribution in [2.24, 2.45) is 0 Å². The van der Waals surface area contributed by atoms with Crippen LogP contribution < -0.4 is 14.8 Å². The van der Waals surface area contributed by atoms with E-state index < -0.39 is 0 Å². The second-order valence-corrected chi connectivity index (χ2v) is 9.53. The lowest BCUT2D eigenvalue weighted by molar-refractivity contribution is 0.304. The Morgan fingerprint density at radius 3 is 2.44 bits per heavy atom. The van der Waals surface area contributed by atoms with Gasteiger partial charge in [-0.25, -0.2) is 0 Å². The van der Waals surface area contributed by atoms with Crippen LogP contribution in [0.3, 0.4) is 0 Å². The highest BCUT2D eigenvalue weighted by atomic mass is 35.5. The van der Waals surface area contributed by atoms with Crippen LogP contribution in [0.25, 0.3) is 16.7 Å². The van der Waals surface area contributed by atoms with E-state index in [2.05, 4.69) is 76.3 Å². The molecule has 0 saturated heterocycles. The van der Waals surface area contributed by atoms with Crippen LogP contribution in [0.4, 0.5) is 5.69 Å². The zero-order chi connectivity index (χ0) is 23.0. The fourth-order valence-corrected chi connectivity index (χ4v) is 4.68. The largest absolute Gasteiger partial charge is 0.496 e. The number of benzene rings is 3. The molecule has 0 aliphatic carbocycles. The SMILES string of the molecule is COc1ccc(Cl)cc1-c1ccc2c(c1COc1cc(C)ccc1C)C(C)=CC(C)(C)N2. The van der Waals surface area contributed by atoms with Gasteiger partial charge in [-0.3, -0.25) is 0 Å². The normalized spacial score (nSPS) is 14.3. The number of ether oxygens (including phenoxy) is 2. The van der Waals surface area contributed by atoms with Crippen molar-refractivity contribution in [3.63, 3.8) is 0 Å². The second-order valence-electron chi connectivity index (χ2n) is 9.09. The molecule has 4 rings (SSSR count). The average molecular weight is 448 g/mol. The van der Waals surface area contributed by atoms with E-state index in [1.165, 1.54) is 16.7 Å². The average Bonchev–Trinajstić information content (AvgIpc) is 2.73. The molecular weight excluding hydrogens is 418 g/mol. The molecule has 0 saturated carbocycles. The number of allylic oxidation sites excluding steroid dienone is 1. The van der Waals surface area contributed by atoms with E-state index in [1.807, 2.05) is 18.2 Å². The summed E-state index contributed by atoms with van der Waals surface area (Å²) in [6.45, 7) is 11.1. The fraction of sp³-hybridized carbons (Fsp3) is 0.286. The number of rotatable bonds is 5. The highest BCUT2D eigenvalue weighted by molar-refractivity contribution is 6.31. The second kappa shape index (κ2) is 8.55. The lowest BCUT2D eigenvalue weighted by Gasteiger charge is -2.33. The van der Waals surface area contributed by atoms with Crippen LogP contribution in [-0.4, -0.2) is 12.6 Å². The van der Waals surface area contributed by atoms with E-state index >= 15 is 0 Å². The first-order valence-electron chi connectivity index (χ1n) is 10.9. The van der Waals surface area contributed by atoms with E-state index in [-0.39, 0.29) is 5.54 Å². The molecule has 0 fully saturated rings. The number of fused-ring (bicyclic) bond motifs is 1. The highest BCUT2D eigenvalue weighted by Crippen LogP contribution is 2.43. The van der Waals surface area contributed by atoms with E-state index in [0.717, 1.165) is 39.4 Å². The number of aryl methyl sites for hydroxylation is 2. The third-order valence-corrected chi connectivity index (χ3v) is 6.14. The quantitative estimate of drug-likeness (QED) is 0.432. The van der Waals surface area contributed by atoms with Gasteiger partial charge in [0.2, 0.25) is 0 Å². The molecule has 166 valence electrons. The Kier molecular flexibility index (Phi) is 5.96. The lowest BCUT2D eigenvalue weighted by Crippen LogP contribution is -2.32. The summed E-state index contributed by atoms with van der Waals surface area (Å²) in [5.41, 5.74) is 8.83. The van der Waals surface area contributed by atoms with Crippen molar-refractivity contribution in [1.29, 1.82) is 0 Å². The molecule has 4 heteroatoms. The maximum atomic E-state index is 6.41. The van der Waals surface area contributed by atoms with Crippen molar-refractivity contribution >= 4 is 22.9 Å². The van der Waals surface area contributed by atoms with Crippen molar-refractivity contribution in [2.75, 3.05) is 12.4 Å². The smallest absolute Gasteiger partial charge is 0.126 e. The Bertz CT molecular complexity index is 1210. The Morgan fingerprint density at radius 1 is 0.906 bits per heavy atom. The van der Waals surface area contributed by atoms with Crippen LogP contribution in [0.5, 0.6) is 11.5 Å². The molecule has 1 N–H and O–H groups in total. The van der Waals surface area contributed by atoms with Crippen LogP contribution in [0, 0.1) is 13.8 Å². The molecule has 0 spiro atoms. The summed E-state index contributed by atoms with van der Waals surface area (Å²) >= 11 is 6.39. The summed E-state index contributed by atoms with van der Waals surface area (Å²) in [5, 5.41) is 4.33. The minimum atomic E-state index is -0.113. The monoisotopic (exact) mass is 447 g/mol. The molecule has 0 atom stereocenters. The Morgan fingerprint density at radius 2 is 1.69 bits per heavy atom. The maximum absolute atomic E-state index is 6.41. The molecule has 3 aromatic carbocycles. The van der Waals surface area contributed by atoms with Crippen LogP contribution in [0.1, 0.15) is 43.0 Å². The zero-order valence-electron chi connectivity index (χ0n) is 19.6. The summed E-state index contributed by atoms with van der Waals surface area (Å²) in [6, 6.07) is 16.3. The van der Waals surface area contributed by atoms with Gasteiger partial charge in [0.25, 0.3) is 0 Å². The van der Waals surface area contributed by atoms with Gasteiger partial charge in [0.15, 0.2) is 0 Å². The predicted molar refractivity (Wildman–Crippen MR) is 135 cm³/mol. The van der Waals surface area contributed by atoms with Crippen LogP contribution in [0.2, 0.25) is 5.02 Å². The van der Waals surface area contributed by atoms with Gasteiger partial charge >= 0.3 is 0 Å². The van der Waals surface area contributed by atoms with Gasteiger partial charge in [-0.05, 0) is 87.2 Å². The standard InChI is InChI=1S/C28H30ClNO2/c1-17-7-8-18(2)26(13-17)32-16-23-21(22-14-20(29)9-12-25(22)31-6)10-11-24-27(23)19(3)15-28(4,5)30-24/h7-15,30H,16H2,1-6H3. The van der Waals surface area contributed by atoms with E-state index in [0.29, 0.717) is 11.6 Å². The number of methoxy groups -OCH3 is 1. The Balaban J connectivity index is 1.89. The molecule has 3 aromatic rings. The first-order chi connectivity index (χ1) is 15.2. The minimum absolute atomic E-state index is 0.113. The topological polar surface area (TPSA) is 30.5 Å². The van der Waals surface area contributed by atoms with Gasteiger partial charge in [-0.2, -0.15) is 0 Å². The molecule has 32 heavy (non-hydrogen) atoms. The van der Waals surface area contributed by atoms with E-state index in [1.54, 1.807) is 7.11 Å². The highest BCUT2D eigenvalue weighted by Gasteiger charge is 2.27. The first kappa shape index (κ1) is 22.3. The van der Waals surface area contributed by atoms with Crippen molar-refractivity contribution in [1.82, 2.24) is 0 Å². The number of anilines is 1. The van der Waals surface area contributed by atoms with Crippen molar-refractivity contribution in [3.8, 4) is 22.6 Å². The number of hydrogen-bond acceptors (Lipinski definition) is 3. The van der Waals surface area contributed by atoms with Gasteiger partial charge in [0.05, 0.1) is 12.6 Å². The summed E-state index contributed by atoms with van der Waals surface area (Å²) in [5.74, 6) is 1.69. The molecular formula is C28H30ClNO2. The third kappa shape index (κ3) is 4.35. The summed E-state index contributed by atoms with van der Waals surface area (Å²) < 4.78 is 12.1. The minimum Gasteiger partial charge on any atom is -0.496 e. The molecule has 0 amide bonds. The Labute approximate surface area is 196 Å². The first-order valence-corrected chi connectivity index (χ1v) is 11.2. The predicted octanol–water partition coefficient (Wildman–Crippen LogP) is 7.82. The van der Waals surface area contributed by atoms with Crippen molar-refractivity contribution in [3.05, 3.63) is 81.9 Å². The maximum Gasteiger partial charge on any atom is 0.126 e. The summed E-state index contributed by atoms with van der Waals surface area (Å²) in [6.07, 6.45) is 2.27. The molecule has 0 radical (unpaired) electrons. The number of halogens is 1. The van der Waals surface area contributed by atoms with E-state index in [4.69, 9.17) is 21.1 Å². The third-order valence-electron chi connectivity index (χ3n) is 5.91. The van der Waals surface area contributed by atoms with Crippen LogP contribution in [0.15, 0.2) is 54.6 Å². The molecule has 1 aliphatic rings. The van der Waals surface area contributed by atoms with Gasteiger partial charge < -0.3 is 14.8 Å². The lowest BCUT2D eigenvalue weighted by atomic mass is 9.85. The van der Waals surface area contributed by atoms with Crippen molar-refractivity contribution < 1.29 is 9.47 Å². The van der Waals surface area contributed by atoms with Gasteiger partial charge in [0, 0.05) is 27.4 Å². The molecule has 1 heterocycles. The molecule has 0 bridgehead atoms. The molecule has 0 aromatic heterocycles. The van der Waals surface area contributed by atoms with Crippen LogP contribution >= 0.6 is 11.6 Å². The molecule has 3 nitrogen and oxygen atoms in total. The molecule has 1 aliphatic heterocycles. The Hall–Kier alpha value is -2.91. The van der Waals surface area contributed by atoms with Crippen LogP contribution in [-0.2, 0) is 6.61 Å². The summed E-state index contributed by atoms with van der Waals surface area (Å²) in [7, 11) is 1.69.